The van der Waals surface area contributed by atoms with Gasteiger partial charge in [-0.15, -0.1) is 0 Å². The highest BCUT2D eigenvalue weighted by atomic mass is 16.5. The van der Waals surface area contributed by atoms with Crippen molar-refractivity contribution in [2.24, 2.45) is 17.6 Å². The standard InChI is InChI=1S/C13H26N2O2/c1-10(2)12(8-14)13(16)15(3)9-11-6-4-5-7-17-11/h10-12H,4-9,14H2,1-3H3. The smallest absolute Gasteiger partial charge is 0.227 e. The van der Waals surface area contributed by atoms with Crippen molar-refractivity contribution < 1.29 is 9.53 Å². The molecular formula is C13H26N2O2. The minimum absolute atomic E-state index is 0.0661. The second-order valence-electron chi connectivity index (χ2n) is 5.29. The van der Waals surface area contributed by atoms with Crippen molar-refractivity contribution in [3.63, 3.8) is 0 Å². The van der Waals surface area contributed by atoms with Gasteiger partial charge in [-0.3, -0.25) is 4.79 Å². The van der Waals surface area contributed by atoms with Gasteiger partial charge in [-0.1, -0.05) is 13.8 Å². The normalized spacial score (nSPS) is 22.5. The summed E-state index contributed by atoms with van der Waals surface area (Å²) in [6, 6.07) is 0. The number of nitrogens with zero attached hydrogens (tertiary/aromatic N) is 1. The SMILES string of the molecule is CC(C)C(CN)C(=O)N(C)CC1CCCCO1. The molecule has 0 aromatic carbocycles. The van der Waals surface area contributed by atoms with E-state index in [9.17, 15) is 4.79 Å². The first-order valence-corrected chi connectivity index (χ1v) is 6.63. The van der Waals surface area contributed by atoms with E-state index in [1.54, 1.807) is 4.90 Å². The first-order valence-electron chi connectivity index (χ1n) is 6.63. The molecule has 1 rings (SSSR count). The molecular weight excluding hydrogens is 216 g/mol. The molecule has 0 aromatic heterocycles. The van der Waals surface area contributed by atoms with E-state index in [0.29, 0.717) is 19.0 Å². The van der Waals surface area contributed by atoms with E-state index in [2.05, 4.69) is 0 Å². The predicted molar refractivity (Wildman–Crippen MR) is 68.6 cm³/mol. The molecule has 1 saturated heterocycles. The van der Waals surface area contributed by atoms with E-state index in [1.807, 2.05) is 20.9 Å². The largest absolute Gasteiger partial charge is 0.376 e. The van der Waals surface area contributed by atoms with Crippen molar-refractivity contribution in [3.8, 4) is 0 Å². The van der Waals surface area contributed by atoms with Crippen LogP contribution in [0.15, 0.2) is 0 Å². The quantitative estimate of drug-likeness (QED) is 0.789. The maximum Gasteiger partial charge on any atom is 0.227 e. The van der Waals surface area contributed by atoms with Gasteiger partial charge in [-0.05, 0) is 25.2 Å². The Balaban J connectivity index is 2.44. The Morgan fingerprint density at radius 1 is 1.47 bits per heavy atom. The highest BCUT2D eigenvalue weighted by molar-refractivity contribution is 5.79. The van der Waals surface area contributed by atoms with Crippen molar-refractivity contribution in [1.29, 1.82) is 0 Å². The predicted octanol–water partition coefficient (Wildman–Crippen LogP) is 1.24. The topological polar surface area (TPSA) is 55.6 Å². The van der Waals surface area contributed by atoms with Gasteiger partial charge in [-0.25, -0.2) is 0 Å². The molecule has 1 heterocycles. The fraction of sp³-hybridized carbons (Fsp3) is 0.923. The molecule has 0 spiro atoms. The minimum Gasteiger partial charge on any atom is -0.376 e. The Bertz CT molecular complexity index is 238. The molecule has 0 saturated carbocycles. The number of carbonyl (C=O) groups is 1. The lowest BCUT2D eigenvalue weighted by Gasteiger charge is -2.30. The third-order valence-corrected chi connectivity index (χ3v) is 3.50. The lowest BCUT2D eigenvalue weighted by Crippen LogP contribution is -2.43. The molecule has 0 radical (unpaired) electrons. The summed E-state index contributed by atoms with van der Waals surface area (Å²) >= 11 is 0. The van der Waals surface area contributed by atoms with Gasteiger partial charge in [0.15, 0.2) is 0 Å². The summed E-state index contributed by atoms with van der Waals surface area (Å²) in [5.41, 5.74) is 5.67. The van der Waals surface area contributed by atoms with E-state index in [-0.39, 0.29) is 17.9 Å². The average molecular weight is 242 g/mol. The van der Waals surface area contributed by atoms with Gasteiger partial charge in [0.2, 0.25) is 5.91 Å². The van der Waals surface area contributed by atoms with Crippen LogP contribution in [0.1, 0.15) is 33.1 Å². The van der Waals surface area contributed by atoms with Gasteiger partial charge in [-0.2, -0.15) is 0 Å². The first-order chi connectivity index (χ1) is 8.06. The molecule has 2 N–H and O–H groups in total. The fourth-order valence-corrected chi connectivity index (χ4v) is 2.29. The molecule has 1 fully saturated rings. The Labute approximate surface area is 104 Å². The Morgan fingerprint density at radius 2 is 2.18 bits per heavy atom. The zero-order valence-electron chi connectivity index (χ0n) is 11.3. The number of nitrogens with two attached hydrogens (primary N) is 1. The second kappa shape index (κ2) is 6.97. The molecule has 2 atom stereocenters. The molecule has 1 aliphatic heterocycles. The van der Waals surface area contributed by atoms with E-state index in [0.717, 1.165) is 19.4 Å². The number of carbonyl (C=O) groups excluding carboxylic acids is 1. The summed E-state index contributed by atoms with van der Waals surface area (Å²) in [7, 11) is 1.85. The molecule has 1 amide bonds. The lowest BCUT2D eigenvalue weighted by molar-refractivity contribution is -0.137. The molecule has 0 aliphatic carbocycles. The van der Waals surface area contributed by atoms with Crippen LogP contribution in [0.3, 0.4) is 0 Å². The van der Waals surface area contributed by atoms with Gasteiger partial charge >= 0.3 is 0 Å². The summed E-state index contributed by atoms with van der Waals surface area (Å²) in [6.45, 7) is 6.03. The summed E-state index contributed by atoms with van der Waals surface area (Å²) < 4.78 is 5.65. The molecule has 0 bridgehead atoms. The molecule has 4 heteroatoms. The highest BCUT2D eigenvalue weighted by Gasteiger charge is 2.26. The van der Waals surface area contributed by atoms with Gasteiger partial charge in [0.05, 0.1) is 12.0 Å². The highest BCUT2D eigenvalue weighted by Crippen LogP contribution is 2.16. The lowest BCUT2D eigenvalue weighted by atomic mass is 9.94. The molecule has 17 heavy (non-hydrogen) atoms. The van der Waals surface area contributed by atoms with Crippen molar-refractivity contribution in [2.75, 3.05) is 26.7 Å². The van der Waals surface area contributed by atoms with Crippen LogP contribution < -0.4 is 5.73 Å². The summed E-state index contributed by atoms with van der Waals surface area (Å²) in [4.78, 5) is 14.0. The molecule has 100 valence electrons. The van der Waals surface area contributed by atoms with E-state index in [1.165, 1.54) is 6.42 Å². The van der Waals surface area contributed by atoms with Crippen LogP contribution in [0.5, 0.6) is 0 Å². The molecule has 0 aromatic rings. The summed E-state index contributed by atoms with van der Waals surface area (Å²) in [5.74, 6) is 0.377. The Morgan fingerprint density at radius 3 is 2.65 bits per heavy atom. The zero-order chi connectivity index (χ0) is 12.8. The number of likely N-dealkylation sites (N-methyl/N-ethyl adjacent to an activating group) is 1. The van der Waals surface area contributed by atoms with Crippen LogP contribution in [0.2, 0.25) is 0 Å². The van der Waals surface area contributed by atoms with Crippen molar-refractivity contribution in [2.45, 2.75) is 39.2 Å². The van der Waals surface area contributed by atoms with Crippen LogP contribution in [0, 0.1) is 11.8 Å². The number of ether oxygens (including phenoxy) is 1. The summed E-state index contributed by atoms with van der Waals surface area (Å²) in [5, 5.41) is 0. The van der Waals surface area contributed by atoms with Crippen LogP contribution in [0.25, 0.3) is 0 Å². The number of hydrogen-bond acceptors (Lipinski definition) is 3. The Hall–Kier alpha value is -0.610. The maximum absolute atomic E-state index is 12.2. The average Bonchev–Trinajstić information content (AvgIpc) is 2.30. The number of rotatable bonds is 5. The third kappa shape index (κ3) is 4.28. The second-order valence-corrected chi connectivity index (χ2v) is 5.29. The van der Waals surface area contributed by atoms with Crippen LogP contribution in [-0.4, -0.2) is 43.7 Å². The van der Waals surface area contributed by atoms with Crippen molar-refractivity contribution in [1.82, 2.24) is 4.90 Å². The van der Waals surface area contributed by atoms with E-state index >= 15 is 0 Å². The minimum atomic E-state index is -0.0661. The molecule has 4 nitrogen and oxygen atoms in total. The molecule has 1 aliphatic rings. The molecule has 2 unspecified atom stereocenters. The van der Waals surface area contributed by atoms with Crippen molar-refractivity contribution in [3.05, 3.63) is 0 Å². The van der Waals surface area contributed by atoms with Gasteiger partial charge in [0, 0.05) is 26.7 Å². The third-order valence-electron chi connectivity index (χ3n) is 3.50. The van der Waals surface area contributed by atoms with Gasteiger partial charge < -0.3 is 15.4 Å². The monoisotopic (exact) mass is 242 g/mol. The van der Waals surface area contributed by atoms with Crippen molar-refractivity contribution >= 4 is 5.91 Å². The van der Waals surface area contributed by atoms with Gasteiger partial charge in [0.25, 0.3) is 0 Å². The summed E-state index contributed by atoms with van der Waals surface area (Å²) in [6.07, 6.45) is 3.62. The van der Waals surface area contributed by atoms with Crippen LogP contribution >= 0.6 is 0 Å². The van der Waals surface area contributed by atoms with E-state index in [4.69, 9.17) is 10.5 Å². The maximum atomic E-state index is 12.2. The van der Waals surface area contributed by atoms with Crippen LogP contribution in [0.4, 0.5) is 0 Å². The Kier molecular flexibility index (Phi) is 5.92. The van der Waals surface area contributed by atoms with Crippen LogP contribution in [-0.2, 0) is 9.53 Å². The van der Waals surface area contributed by atoms with Gasteiger partial charge in [0.1, 0.15) is 0 Å². The zero-order valence-corrected chi connectivity index (χ0v) is 11.3. The number of amides is 1. The first kappa shape index (κ1) is 14.5. The fourth-order valence-electron chi connectivity index (χ4n) is 2.29. The van der Waals surface area contributed by atoms with E-state index < -0.39 is 0 Å². The number of hydrogen-bond donors (Lipinski definition) is 1.